The van der Waals surface area contributed by atoms with E-state index in [0.29, 0.717) is 12.1 Å². The van der Waals surface area contributed by atoms with Gasteiger partial charge in [-0.3, -0.25) is 9.78 Å². The van der Waals surface area contributed by atoms with Crippen molar-refractivity contribution in [2.75, 3.05) is 7.05 Å². The normalized spacial score (nSPS) is 10.2. The van der Waals surface area contributed by atoms with Crippen LogP contribution < -0.4 is 0 Å². The molecule has 0 aliphatic carbocycles. The fraction of sp³-hybridized carbons (Fsp3) is 0.200. The number of hydrogen-bond donors (Lipinski definition) is 0. The molecule has 4 heteroatoms. The standard InChI is InChI=1S/C15H15BrN2O/c1-18(11-14-4-2-3-9-17-14)15(19)13-7-5-12(10-16)6-8-13/h2-9H,10-11H2,1H3. The summed E-state index contributed by atoms with van der Waals surface area (Å²) in [6, 6.07) is 13.3. The summed E-state index contributed by atoms with van der Waals surface area (Å²) in [5.41, 5.74) is 2.74. The first kappa shape index (κ1) is 13.7. The molecule has 1 heterocycles. The third kappa shape index (κ3) is 3.64. The zero-order chi connectivity index (χ0) is 13.7. The number of rotatable bonds is 4. The molecule has 19 heavy (non-hydrogen) atoms. The first-order valence-corrected chi connectivity index (χ1v) is 7.13. The van der Waals surface area contributed by atoms with Crippen LogP contribution in [-0.2, 0) is 11.9 Å². The Labute approximate surface area is 121 Å². The number of benzene rings is 1. The Morgan fingerprint density at radius 1 is 1.21 bits per heavy atom. The minimum Gasteiger partial charge on any atom is -0.336 e. The van der Waals surface area contributed by atoms with Crippen molar-refractivity contribution < 1.29 is 4.79 Å². The highest BCUT2D eigenvalue weighted by Crippen LogP contribution is 2.11. The number of carbonyl (C=O) groups excluding carboxylic acids is 1. The van der Waals surface area contributed by atoms with Gasteiger partial charge in [0.15, 0.2) is 0 Å². The second-order valence-electron chi connectivity index (χ2n) is 4.31. The molecule has 98 valence electrons. The Balaban J connectivity index is 2.06. The Bertz CT molecular complexity index is 540. The average Bonchev–Trinajstić information content (AvgIpc) is 2.47. The van der Waals surface area contributed by atoms with Gasteiger partial charge in [-0.15, -0.1) is 0 Å². The van der Waals surface area contributed by atoms with Crippen molar-refractivity contribution >= 4 is 21.8 Å². The molecule has 0 atom stereocenters. The van der Waals surface area contributed by atoms with Gasteiger partial charge >= 0.3 is 0 Å². The highest BCUT2D eigenvalue weighted by molar-refractivity contribution is 9.08. The molecule has 0 aliphatic rings. The minimum atomic E-state index is 0.00627. The number of nitrogens with zero attached hydrogens (tertiary/aromatic N) is 2. The third-order valence-electron chi connectivity index (χ3n) is 2.83. The zero-order valence-electron chi connectivity index (χ0n) is 10.7. The summed E-state index contributed by atoms with van der Waals surface area (Å²) in [4.78, 5) is 18.1. The molecule has 0 bridgehead atoms. The second kappa shape index (κ2) is 6.48. The van der Waals surface area contributed by atoms with Crippen LogP contribution in [0.25, 0.3) is 0 Å². The number of amides is 1. The van der Waals surface area contributed by atoms with E-state index in [1.807, 2.05) is 42.5 Å². The number of aromatic nitrogens is 1. The van der Waals surface area contributed by atoms with Crippen LogP contribution in [0.2, 0.25) is 0 Å². The van der Waals surface area contributed by atoms with Gasteiger partial charge in [0.2, 0.25) is 0 Å². The van der Waals surface area contributed by atoms with Crippen molar-refractivity contribution in [2.24, 2.45) is 0 Å². The van der Waals surface area contributed by atoms with Crippen molar-refractivity contribution in [1.29, 1.82) is 0 Å². The molecule has 1 aromatic heterocycles. The number of alkyl halides is 1. The van der Waals surface area contributed by atoms with Crippen molar-refractivity contribution in [3.8, 4) is 0 Å². The number of pyridine rings is 1. The highest BCUT2D eigenvalue weighted by Gasteiger charge is 2.12. The first-order valence-electron chi connectivity index (χ1n) is 6.01. The monoisotopic (exact) mass is 318 g/mol. The maximum absolute atomic E-state index is 12.2. The fourth-order valence-corrected chi connectivity index (χ4v) is 2.14. The fourth-order valence-electron chi connectivity index (χ4n) is 1.76. The summed E-state index contributed by atoms with van der Waals surface area (Å²) < 4.78 is 0. The van der Waals surface area contributed by atoms with Crippen LogP contribution in [-0.4, -0.2) is 22.8 Å². The molecular weight excluding hydrogens is 304 g/mol. The van der Waals surface area contributed by atoms with Gasteiger partial charge < -0.3 is 4.90 Å². The molecule has 0 aliphatic heterocycles. The minimum absolute atomic E-state index is 0.00627. The quantitative estimate of drug-likeness (QED) is 0.811. The van der Waals surface area contributed by atoms with E-state index in [-0.39, 0.29) is 5.91 Å². The van der Waals surface area contributed by atoms with Crippen LogP contribution in [0.5, 0.6) is 0 Å². The van der Waals surface area contributed by atoms with E-state index in [4.69, 9.17) is 0 Å². The molecule has 0 unspecified atom stereocenters. The Morgan fingerprint density at radius 2 is 1.95 bits per heavy atom. The largest absolute Gasteiger partial charge is 0.336 e. The number of carbonyl (C=O) groups is 1. The van der Waals surface area contributed by atoms with Crippen molar-refractivity contribution in [3.05, 3.63) is 65.5 Å². The summed E-state index contributed by atoms with van der Waals surface area (Å²) in [7, 11) is 1.79. The molecule has 1 amide bonds. The molecule has 0 saturated heterocycles. The number of hydrogen-bond acceptors (Lipinski definition) is 2. The van der Waals surface area contributed by atoms with E-state index in [0.717, 1.165) is 16.6 Å². The summed E-state index contributed by atoms with van der Waals surface area (Å²) in [6.07, 6.45) is 1.73. The lowest BCUT2D eigenvalue weighted by Crippen LogP contribution is -2.26. The van der Waals surface area contributed by atoms with Crippen LogP contribution in [0.3, 0.4) is 0 Å². The van der Waals surface area contributed by atoms with Crippen LogP contribution in [0.4, 0.5) is 0 Å². The van der Waals surface area contributed by atoms with Crippen LogP contribution in [0, 0.1) is 0 Å². The van der Waals surface area contributed by atoms with Gasteiger partial charge in [-0.05, 0) is 29.8 Å². The SMILES string of the molecule is CN(Cc1ccccn1)C(=O)c1ccc(CBr)cc1. The summed E-state index contributed by atoms with van der Waals surface area (Å²) in [5.74, 6) is 0.00627. The predicted octanol–water partition coefficient (Wildman–Crippen LogP) is 3.25. The average molecular weight is 319 g/mol. The Hall–Kier alpha value is -1.68. The van der Waals surface area contributed by atoms with Gasteiger partial charge in [-0.1, -0.05) is 34.1 Å². The topological polar surface area (TPSA) is 33.2 Å². The Morgan fingerprint density at radius 3 is 2.53 bits per heavy atom. The number of halogens is 1. The molecule has 3 nitrogen and oxygen atoms in total. The van der Waals surface area contributed by atoms with Crippen LogP contribution in [0.1, 0.15) is 21.6 Å². The second-order valence-corrected chi connectivity index (χ2v) is 4.87. The zero-order valence-corrected chi connectivity index (χ0v) is 12.3. The van der Waals surface area contributed by atoms with E-state index in [9.17, 15) is 4.79 Å². The van der Waals surface area contributed by atoms with Crippen LogP contribution >= 0.6 is 15.9 Å². The first-order chi connectivity index (χ1) is 9.20. The molecule has 2 aromatic rings. The Kier molecular flexibility index (Phi) is 4.68. The third-order valence-corrected chi connectivity index (χ3v) is 3.47. The van der Waals surface area contributed by atoms with Gasteiger partial charge in [0.25, 0.3) is 5.91 Å². The lowest BCUT2D eigenvalue weighted by molar-refractivity contribution is 0.0783. The summed E-state index contributed by atoms with van der Waals surface area (Å²) in [6.45, 7) is 0.514. The van der Waals surface area contributed by atoms with Crippen molar-refractivity contribution in [1.82, 2.24) is 9.88 Å². The molecule has 0 spiro atoms. The van der Waals surface area contributed by atoms with Gasteiger partial charge in [0.1, 0.15) is 0 Å². The molecule has 1 aromatic carbocycles. The molecule has 2 rings (SSSR count). The highest BCUT2D eigenvalue weighted by atomic mass is 79.9. The van der Waals surface area contributed by atoms with Gasteiger partial charge in [-0.2, -0.15) is 0 Å². The maximum atomic E-state index is 12.2. The predicted molar refractivity (Wildman–Crippen MR) is 79.1 cm³/mol. The molecular formula is C15H15BrN2O. The van der Waals surface area contributed by atoms with Gasteiger partial charge in [0, 0.05) is 24.1 Å². The van der Waals surface area contributed by atoms with Gasteiger partial charge in [-0.25, -0.2) is 0 Å². The van der Waals surface area contributed by atoms with E-state index in [2.05, 4.69) is 20.9 Å². The lowest BCUT2D eigenvalue weighted by Gasteiger charge is -2.16. The van der Waals surface area contributed by atoms with E-state index in [1.165, 1.54) is 0 Å². The van der Waals surface area contributed by atoms with E-state index < -0.39 is 0 Å². The summed E-state index contributed by atoms with van der Waals surface area (Å²) in [5, 5.41) is 0.797. The van der Waals surface area contributed by atoms with E-state index >= 15 is 0 Å². The van der Waals surface area contributed by atoms with Crippen molar-refractivity contribution in [3.63, 3.8) is 0 Å². The molecule has 0 radical (unpaired) electrons. The van der Waals surface area contributed by atoms with E-state index in [1.54, 1.807) is 18.1 Å². The maximum Gasteiger partial charge on any atom is 0.253 e. The van der Waals surface area contributed by atoms with Crippen LogP contribution in [0.15, 0.2) is 48.7 Å². The molecule has 0 N–H and O–H groups in total. The lowest BCUT2D eigenvalue weighted by atomic mass is 10.1. The summed E-state index contributed by atoms with van der Waals surface area (Å²) >= 11 is 3.39. The van der Waals surface area contributed by atoms with Crippen molar-refractivity contribution in [2.45, 2.75) is 11.9 Å². The van der Waals surface area contributed by atoms with Gasteiger partial charge in [0.05, 0.1) is 12.2 Å². The molecule has 0 saturated carbocycles. The smallest absolute Gasteiger partial charge is 0.253 e. The molecule has 0 fully saturated rings.